The van der Waals surface area contributed by atoms with Crippen LogP contribution >= 0.6 is 11.6 Å². The van der Waals surface area contributed by atoms with Crippen molar-refractivity contribution < 1.29 is 9.21 Å². The summed E-state index contributed by atoms with van der Waals surface area (Å²) >= 11 is 5.40. The van der Waals surface area contributed by atoms with Gasteiger partial charge in [0.1, 0.15) is 5.88 Å². The number of carbonyl (C=O) groups excluding carboxylic acids is 1. The minimum Gasteiger partial charge on any atom is -0.408 e. The first kappa shape index (κ1) is 12.7. The summed E-state index contributed by atoms with van der Waals surface area (Å²) in [6.45, 7) is 2.60. The Morgan fingerprint density at radius 2 is 2.28 bits per heavy atom. The fourth-order valence-electron chi connectivity index (χ4n) is 1.77. The third kappa shape index (κ3) is 2.41. The van der Waals surface area contributed by atoms with Crippen molar-refractivity contribution in [2.45, 2.75) is 19.9 Å². The zero-order valence-corrected chi connectivity index (χ0v) is 10.7. The number of nitrogens with zero attached hydrogens (tertiary/aromatic N) is 1. The SMILES string of the molecule is CCCn1c(=O)oc2cc(NC(=O)CCl)ccc21. The predicted molar refractivity (Wildman–Crippen MR) is 70.1 cm³/mol. The van der Waals surface area contributed by atoms with Crippen LogP contribution in [0, 0.1) is 0 Å². The molecule has 5 nitrogen and oxygen atoms in total. The van der Waals surface area contributed by atoms with Gasteiger partial charge in [0.05, 0.1) is 5.52 Å². The van der Waals surface area contributed by atoms with Crippen LogP contribution in [0.3, 0.4) is 0 Å². The van der Waals surface area contributed by atoms with Crippen molar-refractivity contribution in [3.8, 4) is 0 Å². The molecule has 0 spiro atoms. The van der Waals surface area contributed by atoms with E-state index in [1.54, 1.807) is 22.8 Å². The van der Waals surface area contributed by atoms with Crippen LogP contribution in [0.4, 0.5) is 5.69 Å². The van der Waals surface area contributed by atoms with Gasteiger partial charge in [-0.1, -0.05) is 6.92 Å². The molecular weight excluding hydrogens is 256 g/mol. The molecule has 0 aliphatic heterocycles. The third-order valence-electron chi connectivity index (χ3n) is 2.52. The summed E-state index contributed by atoms with van der Waals surface area (Å²) in [6.07, 6.45) is 0.847. The van der Waals surface area contributed by atoms with Gasteiger partial charge in [-0.25, -0.2) is 4.79 Å². The molecule has 1 N–H and O–H groups in total. The zero-order valence-electron chi connectivity index (χ0n) is 9.90. The van der Waals surface area contributed by atoms with Crippen molar-refractivity contribution in [2.24, 2.45) is 0 Å². The van der Waals surface area contributed by atoms with Crippen molar-refractivity contribution in [1.29, 1.82) is 0 Å². The van der Waals surface area contributed by atoms with Crippen molar-refractivity contribution >= 4 is 34.3 Å². The highest BCUT2D eigenvalue weighted by Crippen LogP contribution is 2.18. The molecule has 18 heavy (non-hydrogen) atoms. The minimum absolute atomic E-state index is 0.112. The third-order valence-corrected chi connectivity index (χ3v) is 2.76. The highest BCUT2D eigenvalue weighted by molar-refractivity contribution is 6.29. The Morgan fingerprint density at radius 1 is 1.50 bits per heavy atom. The second-order valence-electron chi connectivity index (χ2n) is 3.88. The van der Waals surface area contributed by atoms with E-state index < -0.39 is 0 Å². The molecule has 0 atom stereocenters. The summed E-state index contributed by atoms with van der Waals surface area (Å²) in [5.41, 5.74) is 1.75. The number of hydrogen-bond acceptors (Lipinski definition) is 3. The number of rotatable bonds is 4. The molecule has 0 unspecified atom stereocenters. The van der Waals surface area contributed by atoms with Crippen LogP contribution in [0.25, 0.3) is 11.1 Å². The molecule has 1 heterocycles. The Morgan fingerprint density at radius 3 is 2.94 bits per heavy atom. The predicted octanol–water partition coefficient (Wildman–Crippen LogP) is 2.18. The lowest BCUT2D eigenvalue weighted by atomic mass is 10.2. The van der Waals surface area contributed by atoms with Crippen molar-refractivity contribution in [3.05, 3.63) is 28.7 Å². The van der Waals surface area contributed by atoms with Crippen LogP contribution in [0.5, 0.6) is 0 Å². The summed E-state index contributed by atoms with van der Waals surface area (Å²) < 4.78 is 6.70. The van der Waals surface area contributed by atoms with E-state index in [2.05, 4.69) is 5.32 Å². The van der Waals surface area contributed by atoms with Gasteiger partial charge in [0.25, 0.3) is 0 Å². The molecule has 1 aromatic carbocycles. The first-order chi connectivity index (χ1) is 8.65. The fourth-order valence-corrected chi connectivity index (χ4v) is 1.84. The van der Waals surface area contributed by atoms with Gasteiger partial charge in [0, 0.05) is 18.3 Å². The molecule has 0 bridgehead atoms. The summed E-state index contributed by atoms with van der Waals surface area (Å²) in [4.78, 5) is 22.8. The summed E-state index contributed by atoms with van der Waals surface area (Å²) in [5.74, 6) is -0.794. The van der Waals surface area contributed by atoms with Gasteiger partial charge >= 0.3 is 5.76 Å². The lowest BCUT2D eigenvalue weighted by Gasteiger charge is -2.03. The average molecular weight is 269 g/mol. The molecule has 0 saturated heterocycles. The molecule has 2 rings (SSSR count). The van der Waals surface area contributed by atoms with Gasteiger partial charge in [0.15, 0.2) is 5.58 Å². The number of fused-ring (bicyclic) bond motifs is 1. The molecular formula is C12H13ClN2O3. The molecule has 1 aromatic heterocycles. The van der Waals surface area contributed by atoms with E-state index >= 15 is 0 Å². The summed E-state index contributed by atoms with van der Waals surface area (Å²) in [7, 11) is 0. The maximum atomic E-state index is 11.6. The molecule has 0 aliphatic rings. The van der Waals surface area contributed by atoms with Crippen LogP contribution in [-0.2, 0) is 11.3 Å². The number of nitrogens with one attached hydrogen (secondary N) is 1. The molecule has 0 aliphatic carbocycles. The Labute approximate surface area is 108 Å². The second kappa shape index (κ2) is 5.27. The number of hydrogen-bond donors (Lipinski definition) is 1. The zero-order chi connectivity index (χ0) is 13.1. The molecule has 1 amide bonds. The molecule has 2 aromatic rings. The second-order valence-corrected chi connectivity index (χ2v) is 4.15. The van der Waals surface area contributed by atoms with E-state index in [1.807, 2.05) is 6.92 Å². The highest BCUT2D eigenvalue weighted by atomic mass is 35.5. The Hall–Kier alpha value is -1.75. The van der Waals surface area contributed by atoms with Crippen molar-refractivity contribution in [2.75, 3.05) is 11.2 Å². The van der Waals surface area contributed by atoms with E-state index in [4.69, 9.17) is 16.0 Å². The number of halogens is 1. The summed E-state index contributed by atoms with van der Waals surface area (Å²) in [6, 6.07) is 5.08. The van der Waals surface area contributed by atoms with E-state index in [1.165, 1.54) is 0 Å². The normalized spacial score (nSPS) is 10.8. The van der Waals surface area contributed by atoms with E-state index in [0.717, 1.165) is 11.9 Å². The van der Waals surface area contributed by atoms with Gasteiger partial charge in [-0.3, -0.25) is 9.36 Å². The molecule has 0 radical (unpaired) electrons. The Bertz CT molecular complexity index is 630. The van der Waals surface area contributed by atoms with E-state index in [0.29, 0.717) is 17.8 Å². The lowest BCUT2D eigenvalue weighted by molar-refractivity contribution is -0.113. The van der Waals surface area contributed by atoms with Crippen LogP contribution in [0.15, 0.2) is 27.4 Å². The van der Waals surface area contributed by atoms with Gasteiger partial charge in [-0.15, -0.1) is 11.6 Å². The highest BCUT2D eigenvalue weighted by Gasteiger charge is 2.09. The van der Waals surface area contributed by atoms with Gasteiger partial charge in [-0.2, -0.15) is 0 Å². The Balaban J connectivity index is 2.41. The van der Waals surface area contributed by atoms with E-state index in [9.17, 15) is 9.59 Å². The number of oxazole rings is 1. The molecule has 0 fully saturated rings. The molecule has 0 saturated carbocycles. The number of benzene rings is 1. The van der Waals surface area contributed by atoms with Crippen molar-refractivity contribution in [1.82, 2.24) is 4.57 Å². The first-order valence-electron chi connectivity index (χ1n) is 5.65. The number of aryl methyl sites for hydroxylation is 1. The standard InChI is InChI=1S/C12H13ClN2O3/c1-2-5-15-9-4-3-8(14-11(16)7-13)6-10(9)18-12(15)17/h3-4,6H,2,5,7H2,1H3,(H,14,16). The summed E-state index contributed by atoms with van der Waals surface area (Å²) in [5, 5.41) is 2.60. The van der Waals surface area contributed by atoms with Crippen LogP contribution in [-0.4, -0.2) is 16.4 Å². The average Bonchev–Trinajstić information content (AvgIpc) is 2.66. The number of amides is 1. The van der Waals surface area contributed by atoms with Gasteiger partial charge in [-0.05, 0) is 18.6 Å². The fraction of sp³-hybridized carbons (Fsp3) is 0.333. The number of carbonyl (C=O) groups is 1. The van der Waals surface area contributed by atoms with Crippen LogP contribution < -0.4 is 11.1 Å². The topological polar surface area (TPSA) is 64.2 Å². The van der Waals surface area contributed by atoms with Crippen LogP contribution in [0.1, 0.15) is 13.3 Å². The maximum Gasteiger partial charge on any atom is 0.419 e. The lowest BCUT2D eigenvalue weighted by Crippen LogP contribution is -2.13. The quantitative estimate of drug-likeness (QED) is 0.865. The van der Waals surface area contributed by atoms with Gasteiger partial charge in [0.2, 0.25) is 5.91 Å². The van der Waals surface area contributed by atoms with Crippen LogP contribution in [0.2, 0.25) is 0 Å². The molecule has 6 heteroatoms. The molecule has 96 valence electrons. The maximum absolute atomic E-state index is 11.6. The first-order valence-corrected chi connectivity index (χ1v) is 6.18. The number of aromatic nitrogens is 1. The monoisotopic (exact) mass is 268 g/mol. The largest absolute Gasteiger partial charge is 0.419 e. The smallest absolute Gasteiger partial charge is 0.408 e. The van der Waals surface area contributed by atoms with Gasteiger partial charge < -0.3 is 9.73 Å². The number of alkyl halides is 1. The Kier molecular flexibility index (Phi) is 3.72. The minimum atomic E-state index is -0.382. The number of anilines is 1. The van der Waals surface area contributed by atoms with E-state index in [-0.39, 0.29) is 17.5 Å². The van der Waals surface area contributed by atoms with Crippen molar-refractivity contribution in [3.63, 3.8) is 0 Å².